The molecule has 8 nitrogen and oxygen atoms in total. The molecule has 520 valence electrons. The van der Waals surface area contributed by atoms with Crippen LogP contribution >= 0.6 is 0 Å². The van der Waals surface area contributed by atoms with Gasteiger partial charge in [-0.2, -0.15) is 0 Å². The summed E-state index contributed by atoms with van der Waals surface area (Å²) in [5.74, 6) is 0.0786. The van der Waals surface area contributed by atoms with Gasteiger partial charge in [-0.1, -0.05) is 321 Å². The van der Waals surface area contributed by atoms with Crippen LogP contribution in [0.1, 0.15) is 365 Å². The number of aliphatic carboxylic acids is 2. The monoisotopic (exact) mass is 1270 g/mol. The Bertz CT molecular complexity index is 2390. The Kier molecular flexibility index (Phi) is 46.2. The average molecular weight is 1270 g/mol. The van der Waals surface area contributed by atoms with Crippen LogP contribution in [0, 0.1) is 13.8 Å². The molecule has 0 unspecified atom stereocenters. The van der Waals surface area contributed by atoms with Gasteiger partial charge in [0.05, 0.1) is 0 Å². The van der Waals surface area contributed by atoms with Gasteiger partial charge in [-0.05, 0) is 145 Å². The van der Waals surface area contributed by atoms with Gasteiger partial charge < -0.3 is 29.9 Å². The molecule has 0 bridgehead atoms. The lowest BCUT2D eigenvalue weighted by atomic mass is 9.92. The zero-order valence-corrected chi connectivity index (χ0v) is 60.4. The molecule has 0 saturated heterocycles. The maximum Gasteiger partial charge on any atom is 0.341 e. The van der Waals surface area contributed by atoms with Crippen LogP contribution in [0.3, 0.4) is 0 Å². The highest BCUT2D eigenvalue weighted by molar-refractivity contribution is 5.69. The predicted octanol–water partition coefficient (Wildman–Crippen LogP) is 24.5. The Balaban J connectivity index is 0.000000480. The lowest BCUT2D eigenvalue weighted by Gasteiger charge is -2.18. The van der Waals surface area contributed by atoms with Crippen molar-refractivity contribution in [1.29, 1.82) is 0 Å². The van der Waals surface area contributed by atoms with Gasteiger partial charge in [-0.15, -0.1) is 0 Å². The van der Waals surface area contributed by atoms with E-state index < -0.39 is 11.9 Å². The second-order valence-electron chi connectivity index (χ2n) is 27.5. The second kappa shape index (κ2) is 52.3. The third kappa shape index (κ3) is 36.1. The van der Waals surface area contributed by atoms with Crippen LogP contribution in [0.15, 0.2) is 48.5 Å². The third-order valence-electron chi connectivity index (χ3n) is 19.0. The molecule has 0 aromatic heterocycles. The minimum Gasteiger partial charge on any atom is -0.507 e. The summed E-state index contributed by atoms with van der Waals surface area (Å²) in [6.45, 7) is 16.6. The van der Waals surface area contributed by atoms with E-state index in [9.17, 15) is 30.0 Å². The van der Waals surface area contributed by atoms with Gasteiger partial charge >= 0.3 is 11.9 Å². The first-order chi connectivity index (χ1) is 44.8. The molecule has 4 aromatic carbocycles. The number of benzene rings is 4. The second-order valence-corrected chi connectivity index (χ2v) is 27.5. The maximum atomic E-state index is 11.4. The van der Waals surface area contributed by atoms with Gasteiger partial charge in [0.1, 0.15) is 23.0 Å². The molecular formula is C84H136O8. The van der Waals surface area contributed by atoms with Crippen molar-refractivity contribution in [2.24, 2.45) is 0 Å². The van der Waals surface area contributed by atoms with Crippen LogP contribution in [0.4, 0.5) is 0 Å². The third-order valence-corrected chi connectivity index (χ3v) is 19.0. The van der Waals surface area contributed by atoms with E-state index in [4.69, 9.17) is 9.47 Å². The Labute approximate surface area is 563 Å². The molecule has 4 aromatic rings. The lowest BCUT2D eigenvalue weighted by molar-refractivity contribution is -0.140. The van der Waals surface area contributed by atoms with Crippen molar-refractivity contribution in [3.63, 3.8) is 0 Å². The molecule has 4 N–H and O–H groups in total. The van der Waals surface area contributed by atoms with Gasteiger partial charge in [-0.3, -0.25) is 0 Å². The topological polar surface area (TPSA) is 134 Å². The number of rotatable bonds is 56. The molecule has 8 heteroatoms. The number of aromatic hydroxyl groups is 2. The average Bonchev–Trinajstić information content (AvgIpc) is 0.896. The van der Waals surface area contributed by atoms with Crippen molar-refractivity contribution >= 4 is 11.9 Å². The number of phenolic OH excluding ortho intramolecular Hbond substituents is 2. The number of hydrogen-bond acceptors (Lipinski definition) is 6. The first kappa shape index (κ1) is 81.3. The summed E-state index contributed by atoms with van der Waals surface area (Å²) >= 11 is 0. The highest BCUT2D eigenvalue weighted by atomic mass is 16.5. The number of unbranched alkanes of at least 4 members (excludes halogenated alkanes) is 36. The minimum atomic E-state index is -0.977. The highest BCUT2D eigenvalue weighted by Crippen LogP contribution is 2.36. The molecule has 0 aliphatic heterocycles. The van der Waals surface area contributed by atoms with Crippen molar-refractivity contribution in [3.8, 4) is 23.0 Å². The molecule has 92 heavy (non-hydrogen) atoms. The fourth-order valence-electron chi connectivity index (χ4n) is 13.5. The Hall–Kier alpha value is -4.98. The van der Waals surface area contributed by atoms with E-state index in [1.54, 1.807) is 0 Å². The van der Waals surface area contributed by atoms with Gasteiger partial charge in [0.15, 0.2) is 13.2 Å². The molecule has 0 aliphatic carbocycles. The van der Waals surface area contributed by atoms with E-state index in [0.29, 0.717) is 35.8 Å². The van der Waals surface area contributed by atoms with Gasteiger partial charge in [0, 0.05) is 12.8 Å². The number of hydrogen-bond donors (Lipinski definition) is 4. The molecule has 0 radical (unpaired) electrons. The number of ether oxygens (including phenoxy) is 2. The summed E-state index contributed by atoms with van der Waals surface area (Å²) in [5.41, 5.74) is 12.8. The molecular weight excluding hydrogens is 1140 g/mol. The van der Waals surface area contributed by atoms with Crippen molar-refractivity contribution in [1.82, 2.24) is 0 Å². The standard InChI is InChI=1S/2C42H68O4/c2*1-5-8-10-12-14-16-18-20-22-24-26-35-28-34(4)42(46-33-40(43)44)39(31-35)32-38-30-36(29-37(7-3)41(38)45)27-25-23-21-19-17-15-13-11-9-6-2/h2*28-31,45H,5-27,32-33H2,1-4H3,(H,43,44). The van der Waals surface area contributed by atoms with Crippen LogP contribution in [0.5, 0.6) is 23.0 Å². The summed E-state index contributed by atoms with van der Waals surface area (Å²) in [5, 5.41) is 41.2. The molecule has 0 amide bonds. The van der Waals surface area contributed by atoms with Crippen molar-refractivity contribution < 1.29 is 39.5 Å². The summed E-state index contributed by atoms with van der Waals surface area (Å²) in [7, 11) is 0. The summed E-state index contributed by atoms with van der Waals surface area (Å²) < 4.78 is 11.7. The molecule has 0 fully saturated rings. The van der Waals surface area contributed by atoms with Crippen molar-refractivity contribution in [2.45, 2.75) is 364 Å². The van der Waals surface area contributed by atoms with Crippen molar-refractivity contribution in [2.75, 3.05) is 13.2 Å². The zero-order chi connectivity index (χ0) is 66.8. The van der Waals surface area contributed by atoms with E-state index in [1.165, 1.54) is 266 Å². The van der Waals surface area contributed by atoms with E-state index >= 15 is 0 Å². The van der Waals surface area contributed by atoms with Gasteiger partial charge in [-0.25, -0.2) is 9.59 Å². The number of aryl methyl sites for hydroxylation is 8. The highest BCUT2D eigenvalue weighted by Gasteiger charge is 2.19. The molecule has 0 heterocycles. The largest absolute Gasteiger partial charge is 0.507 e. The molecule has 0 aliphatic rings. The van der Waals surface area contributed by atoms with Gasteiger partial charge in [0.25, 0.3) is 0 Å². The number of phenols is 2. The summed E-state index contributed by atoms with van der Waals surface area (Å²) in [4.78, 5) is 22.8. The first-order valence-electron chi connectivity index (χ1n) is 38.4. The number of carboxylic acids is 2. The number of carbonyl (C=O) groups is 2. The Morgan fingerprint density at radius 3 is 0.728 bits per heavy atom. The van der Waals surface area contributed by atoms with Crippen LogP contribution in [0.2, 0.25) is 0 Å². The summed E-state index contributed by atoms with van der Waals surface area (Å²) in [6.07, 6.45) is 59.5. The number of carboxylic acid groups (broad SMARTS) is 2. The smallest absolute Gasteiger partial charge is 0.341 e. The van der Waals surface area contributed by atoms with Crippen LogP contribution in [0.25, 0.3) is 0 Å². The first-order valence-corrected chi connectivity index (χ1v) is 38.4. The Morgan fingerprint density at radius 2 is 0.500 bits per heavy atom. The quantitative estimate of drug-likeness (QED) is 0.0321. The molecule has 0 saturated carbocycles. The normalized spacial score (nSPS) is 11.3. The lowest BCUT2D eigenvalue weighted by Crippen LogP contribution is -2.12. The minimum absolute atomic E-state index is 0.364. The van der Waals surface area contributed by atoms with Gasteiger partial charge in [0.2, 0.25) is 0 Å². The Morgan fingerprint density at radius 1 is 0.293 bits per heavy atom. The SMILES string of the molecule is CCCCCCCCCCCCc1cc(CC)c(O)c(Cc2cc(CCCCCCCCCCCC)cc(C)c2OCC(=O)O)c1.CCCCCCCCCCCCc1cc(CC)c(O)c(Cc2cc(CCCCCCCCCCCC)cc(C)c2OCC(=O)O)c1. The zero-order valence-electron chi connectivity index (χ0n) is 60.4. The molecule has 4 rings (SSSR count). The van der Waals surface area contributed by atoms with Crippen LogP contribution < -0.4 is 9.47 Å². The maximum absolute atomic E-state index is 11.4. The fourth-order valence-corrected chi connectivity index (χ4v) is 13.5. The van der Waals surface area contributed by atoms with Crippen LogP contribution in [-0.2, 0) is 61.0 Å². The van der Waals surface area contributed by atoms with E-state index in [-0.39, 0.29) is 13.2 Å². The van der Waals surface area contributed by atoms with E-state index in [2.05, 4.69) is 90.1 Å². The van der Waals surface area contributed by atoms with E-state index in [0.717, 1.165) is 95.9 Å². The van der Waals surface area contributed by atoms with Crippen LogP contribution in [-0.4, -0.2) is 45.6 Å². The summed E-state index contributed by atoms with van der Waals surface area (Å²) in [6, 6.07) is 17.4. The molecule has 0 spiro atoms. The fraction of sp³-hybridized carbons (Fsp3) is 0.690. The molecule has 0 atom stereocenters. The van der Waals surface area contributed by atoms with E-state index in [1.807, 2.05) is 13.8 Å². The predicted molar refractivity (Wildman–Crippen MR) is 391 cm³/mol. The van der Waals surface area contributed by atoms with Crippen molar-refractivity contribution in [3.05, 3.63) is 115 Å².